The molecule has 6 aromatic carbocycles. The first-order valence-corrected chi connectivity index (χ1v) is 45.6. The number of carbonyl (C=O) groups excluding carboxylic acids is 1. The van der Waals surface area contributed by atoms with Crippen LogP contribution < -0.4 is 38.2 Å². The molecule has 6 aromatic rings. The van der Waals surface area contributed by atoms with Crippen LogP contribution in [0.4, 0.5) is 11.4 Å². The zero-order chi connectivity index (χ0) is 83.1. The van der Waals surface area contributed by atoms with E-state index in [0.717, 1.165) is 203 Å². The smallest absolute Gasteiger partial charge is 0.309 e. The second kappa shape index (κ2) is 42.7. The largest absolute Gasteiger partial charge is 0.493 e. The Morgan fingerprint density at radius 1 is 0.374 bits per heavy atom. The van der Waals surface area contributed by atoms with Crippen molar-refractivity contribution in [2.45, 2.75) is 325 Å². The number of ether oxygens (including phenoxy) is 8. The Labute approximate surface area is 698 Å². The number of likely N-dealkylation sites (N-methyl/N-ethyl adjacent to an activating group) is 1. The monoisotopic (exact) mass is 1580 g/mol. The highest BCUT2D eigenvalue weighted by molar-refractivity contribution is 5.72. The Morgan fingerprint density at radius 3 is 1.39 bits per heavy atom. The summed E-state index contributed by atoms with van der Waals surface area (Å²) in [6.07, 6.45) is 28.6. The van der Waals surface area contributed by atoms with Crippen LogP contribution in [0.15, 0.2) is 91.0 Å². The maximum Gasteiger partial charge on any atom is 0.309 e. The van der Waals surface area contributed by atoms with Crippen molar-refractivity contribution in [1.29, 1.82) is 0 Å². The maximum atomic E-state index is 12.0. The highest BCUT2D eigenvalue weighted by atomic mass is 16.6. The SMILES string of the molecule is CCCCC(CC)C(=O)OCCOc1ccc(N2CCOCC2)cc1.CCCCCCCCCCCCOc1ccc(N2CCN(C)C2)cc1C.CCCCOc1ccc(OCCCC)c2c1C(C)(C)CC21CC(C)(C)c2c(C)ccc(C)c21.CCCOc1cc2c(cc1OCCC)C1(CC(C)(C)c3cc(C)c(C)cc31)CC2(C)C. The number of unbranched alkanes of at least 4 members (excludes halogenated alkanes) is 12. The van der Waals surface area contributed by atoms with Gasteiger partial charge in [-0.1, -0.05) is 212 Å². The Balaban J connectivity index is 0.000000177. The molecule has 2 spiro atoms. The fraction of sp³-hybridized carbons (Fsp3) is 0.641. The number of hydrogen-bond donors (Lipinski definition) is 0. The van der Waals surface area contributed by atoms with Crippen molar-refractivity contribution in [3.63, 3.8) is 0 Å². The first kappa shape index (κ1) is 92.0. The Morgan fingerprint density at radius 2 is 0.843 bits per heavy atom. The minimum absolute atomic E-state index is 0.0211. The van der Waals surface area contributed by atoms with Crippen LogP contribution >= 0.6 is 0 Å². The van der Waals surface area contributed by atoms with E-state index in [-0.39, 0.29) is 44.4 Å². The third-order valence-corrected chi connectivity index (χ3v) is 25.7. The fourth-order valence-electron chi connectivity index (χ4n) is 20.0. The average molecular weight is 1580 g/mol. The van der Waals surface area contributed by atoms with Crippen LogP contribution in [0.3, 0.4) is 0 Å². The van der Waals surface area contributed by atoms with Gasteiger partial charge in [0.05, 0.1) is 58.8 Å². The van der Waals surface area contributed by atoms with Crippen LogP contribution in [0, 0.1) is 40.5 Å². The van der Waals surface area contributed by atoms with Crippen molar-refractivity contribution in [3.8, 4) is 34.5 Å². The van der Waals surface area contributed by atoms with Crippen LogP contribution in [0.2, 0.25) is 0 Å². The number of benzene rings is 6. The molecule has 0 radical (unpaired) electrons. The Bertz CT molecular complexity index is 4030. The summed E-state index contributed by atoms with van der Waals surface area (Å²) in [6, 6.07) is 33.3. The van der Waals surface area contributed by atoms with Crippen LogP contribution in [-0.2, 0) is 46.8 Å². The topological polar surface area (TPSA) is 101 Å². The summed E-state index contributed by atoms with van der Waals surface area (Å²) in [5.41, 5.74) is 21.7. The van der Waals surface area contributed by atoms with Crippen LogP contribution in [0.1, 0.15) is 330 Å². The number of fused-ring (bicyclic) bond motifs is 8. The molecule has 4 aliphatic carbocycles. The maximum absolute atomic E-state index is 12.0. The quantitative estimate of drug-likeness (QED) is 0.0274. The molecule has 2 heterocycles. The summed E-state index contributed by atoms with van der Waals surface area (Å²) in [5.74, 6) is 5.76. The molecule has 3 unspecified atom stereocenters. The van der Waals surface area contributed by atoms with E-state index in [9.17, 15) is 4.79 Å². The van der Waals surface area contributed by atoms with Gasteiger partial charge in [0.1, 0.15) is 36.2 Å². The number of rotatable bonds is 37. The van der Waals surface area contributed by atoms with Gasteiger partial charge in [-0.3, -0.25) is 9.69 Å². The minimum Gasteiger partial charge on any atom is -0.493 e. The van der Waals surface area contributed by atoms with Crippen molar-refractivity contribution in [2.75, 3.05) is 109 Å². The number of hydrogen-bond acceptors (Lipinski definition) is 12. The molecule has 115 heavy (non-hydrogen) atoms. The predicted molar refractivity (Wildman–Crippen MR) is 482 cm³/mol. The summed E-state index contributed by atoms with van der Waals surface area (Å²) in [7, 11) is 2.18. The summed E-state index contributed by atoms with van der Waals surface area (Å²) >= 11 is 0. The molecule has 0 aromatic heterocycles. The number of carbonyl (C=O) groups is 1. The van der Waals surface area contributed by atoms with E-state index in [0.29, 0.717) is 13.2 Å². The van der Waals surface area contributed by atoms with Gasteiger partial charge in [0.25, 0.3) is 0 Å². The number of anilines is 2. The molecule has 0 bridgehead atoms. The molecule has 12 nitrogen and oxygen atoms in total. The average Bonchev–Trinajstić information content (AvgIpc) is 1.51. The molecule has 636 valence electrons. The summed E-state index contributed by atoms with van der Waals surface area (Å²) in [6.45, 7) is 57.1. The molecule has 2 fully saturated rings. The molecule has 6 aliphatic rings. The highest BCUT2D eigenvalue weighted by Crippen LogP contribution is 2.68. The number of morpholine rings is 1. The lowest BCUT2D eigenvalue weighted by Crippen LogP contribution is -2.36. The number of aryl methyl sites for hydroxylation is 5. The fourth-order valence-corrected chi connectivity index (χ4v) is 20.0. The molecule has 12 rings (SSSR count). The minimum atomic E-state index is -0.0952. The van der Waals surface area contributed by atoms with Gasteiger partial charge < -0.3 is 47.7 Å². The van der Waals surface area contributed by atoms with E-state index < -0.39 is 0 Å². The van der Waals surface area contributed by atoms with Crippen LogP contribution in [0.25, 0.3) is 0 Å². The molecular weight excluding hydrogens is 1420 g/mol. The van der Waals surface area contributed by atoms with Gasteiger partial charge in [0.2, 0.25) is 0 Å². The van der Waals surface area contributed by atoms with Crippen LogP contribution in [-0.4, -0.2) is 110 Å². The molecule has 0 amide bonds. The Hall–Kier alpha value is -6.89. The van der Waals surface area contributed by atoms with Gasteiger partial charge in [0, 0.05) is 59.5 Å². The number of nitrogens with zero attached hydrogens (tertiary/aromatic N) is 3. The van der Waals surface area contributed by atoms with Crippen molar-refractivity contribution in [2.24, 2.45) is 5.92 Å². The highest BCUT2D eigenvalue weighted by Gasteiger charge is 2.60. The van der Waals surface area contributed by atoms with Gasteiger partial charge in [-0.05, 0) is 262 Å². The molecule has 2 aliphatic heterocycles. The third-order valence-electron chi connectivity index (χ3n) is 25.7. The lowest BCUT2D eigenvalue weighted by Gasteiger charge is -2.32. The van der Waals surface area contributed by atoms with E-state index in [1.54, 1.807) is 11.1 Å². The lowest BCUT2D eigenvalue weighted by molar-refractivity contribution is -0.149. The molecule has 0 N–H and O–H groups in total. The van der Waals surface area contributed by atoms with Crippen molar-refractivity contribution in [3.05, 3.63) is 163 Å². The molecule has 2 saturated heterocycles. The van der Waals surface area contributed by atoms with E-state index in [2.05, 4.69) is 232 Å². The van der Waals surface area contributed by atoms with Crippen LogP contribution in [0.5, 0.6) is 34.5 Å². The zero-order valence-corrected chi connectivity index (χ0v) is 76.1. The van der Waals surface area contributed by atoms with E-state index in [1.165, 1.54) is 137 Å². The second-order valence-electron chi connectivity index (χ2n) is 37.4. The molecule has 3 atom stereocenters. The first-order valence-electron chi connectivity index (χ1n) is 45.6. The van der Waals surface area contributed by atoms with E-state index >= 15 is 0 Å². The number of esters is 1. The normalized spacial score (nSPS) is 19.1. The van der Waals surface area contributed by atoms with Gasteiger partial charge in [-0.25, -0.2) is 0 Å². The van der Waals surface area contributed by atoms with Gasteiger partial charge >= 0.3 is 5.97 Å². The molecule has 0 saturated carbocycles. The third kappa shape index (κ3) is 22.9. The van der Waals surface area contributed by atoms with E-state index in [4.69, 9.17) is 37.9 Å². The molecule has 12 heteroatoms. The van der Waals surface area contributed by atoms with Gasteiger partial charge in [-0.15, -0.1) is 0 Å². The summed E-state index contributed by atoms with van der Waals surface area (Å²) < 4.78 is 47.8. The second-order valence-corrected chi connectivity index (χ2v) is 37.4. The lowest BCUT2D eigenvalue weighted by atomic mass is 9.71. The van der Waals surface area contributed by atoms with Gasteiger partial charge in [0.15, 0.2) is 11.5 Å². The van der Waals surface area contributed by atoms with E-state index in [1.807, 2.05) is 19.1 Å². The van der Waals surface area contributed by atoms with Crippen molar-refractivity contribution in [1.82, 2.24) is 4.90 Å². The first-order chi connectivity index (χ1) is 55.1. The van der Waals surface area contributed by atoms with Gasteiger partial charge in [-0.2, -0.15) is 0 Å². The van der Waals surface area contributed by atoms with Crippen molar-refractivity contribution < 1.29 is 42.7 Å². The summed E-state index contributed by atoms with van der Waals surface area (Å²) in [5, 5.41) is 0. The standard InChI is InChI=1S/C31H44O2.C29H40O2.C23H40N2O.C20H31NO4/c1-9-11-17-32-23-15-16-24(33-18-12-10-2)28-27(23)30(7,8)20-31(28)19-29(5,6)25-21(3)13-14-22(4)26(25)31;1-9-11-30-25-15-22-24(16-26(25)31-12-10-2)29(18-28(22,7)8)17-27(5,6)21-13-19(3)20(4)14-23(21)29;1-4-5-6-7-8-9-10-11-12-13-18-26-23-15-14-22(19-21(23)2)25-17-16-24(3)20-25;1-3-5-6-17(4-2)20(22)25-16-15-24-19-9-7-18(8-10-19)21-11-13-23-14-12-21/h13-16H,9-12,17-20H2,1-8H3;13-16H,9-12,17-18H2,1-8H3;14-15,19H,4-13,16-18,20H2,1-3H3;7-10,17H,3-6,11-16H2,1-2H3. The Kier molecular flexibility index (Phi) is 34.1. The van der Waals surface area contributed by atoms with Crippen molar-refractivity contribution >= 4 is 17.3 Å². The summed E-state index contributed by atoms with van der Waals surface area (Å²) in [4.78, 5) is 19.1. The zero-order valence-electron chi connectivity index (χ0n) is 76.1. The predicted octanol–water partition coefficient (Wildman–Crippen LogP) is 25.5. The molecular formula is C103H155N3O9.